The molecule has 0 aromatic rings. The number of urea groups is 1. The van der Waals surface area contributed by atoms with Crippen molar-refractivity contribution in [3.63, 3.8) is 0 Å². The fourth-order valence-corrected chi connectivity index (χ4v) is 2.07. The lowest BCUT2D eigenvalue weighted by atomic mass is 10.1. The zero-order valence-corrected chi connectivity index (χ0v) is 18.3. The maximum atomic E-state index is 12.2. The molecule has 2 amide bonds. The van der Waals surface area contributed by atoms with E-state index in [-0.39, 0.29) is 26.0 Å². The number of amides is 2. The molecule has 0 aromatic heterocycles. The van der Waals surface area contributed by atoms with Gasteiger partial charge in [0.25, 0.3) is 0 Å². The van der Waals surface area contributed by atoms with Crippen LogP contribution in [-0.4, -0.2) is 55.3 Å². The van der Waals surface area contributed by atoms with E-state index in [0.717, 1.165) is 19.3 Å². The standard InChI is InChI=1S/C20H36N2O7/c1-6-8-12-27-16(23)11-10-15(18(25)28-13-9-7-2)22-19(26)21-14-17(24)29-20(3,4)5/h15H,6-14H2,1-5H3,(H2,21,22,26). The molecule has 0 aliphatic heterocycles. The molecule has 2 N–H and O–H groups in total. The molecule has 0 spiro atoms. The molecule has 9 heteroatoms. The molecule has 0 saturated heterocycles. The highest BCUT2D eigenvalue weighted by molar-refractivity contribution is 5.86. The van der Waals surface area contributed by atoms with Gasteiger partial charge in [-0.3, -0.25) is 9.59 Å². The third-order valence-corrected chi connectivity index (χ3v) is 3.54. The summed E-state index contributed by atoms with van der Waals surface area (Å²) in [5.74, 6) is -1.68. The van der Waals surface area contributed by atoms with Crippen molar-refractivity contribution in [2.75, 3.05) is 19.8 Å². The van der Waals surface area contributed by atoms with Crippen LogP contribution in [0.1, 0.15) is 73.1 Å². The molecule has 1 unspecified atom stereocenters. The van der Waals surface area contributed by atoms with E-state index in [1.165, 1.54) is 0 Å². The monoisotopic (exact) mass is 416 g/mol. The molecule has 0 heterocycles. The van der Waals surface area contributed by atoms with Gasteiger partial charge < -0.3 is 24.8 Å². The molecule has 0 saturated carbocycles. The molecule has 9 nitrogen and oxygen atoms in total. The first-order valence-electron chi connectivity index (χ1n) is 10.2. The SMILES string of the molecule is CCCCOC(=O)CCC(NC(=O)NCC(=O)OC(C)(C)C)C(=O)OCCCC. The Bertz CT molecular complexity index is 529. The van der Waals surface area contributed by atoms with Crippen LogP contribution in [-0.2, 0) is 28.6 Å². The number of carbonyl (C=O) groups excluding carboxylic acids is 4. The number of esters is 3. The van der Waals surface area contributed by atoms with Gasteiger partial charge in [-0.2, -0.15) is 0 Å². The summed E-state index contributed by atoms with van der Waals surface area (Å²) in [5.41, 5.74) is -0.668. The van der Waals surface area contributed by atoms with Crippen molar-refractivity contribution < 1.29 is 33.4 Å². The highest BCUT2D eigenvalue weighted by atomic mass is 16.6. The first kappa shape index (κ1) is 26.7. The van der Waals surface area contributed by atoms with Crippen LogP contribution in [0.3, 0.4) is 0 Å². The molecular weight excluding hydrogens is 380 g/mol. The highest BCUT2D eigenvalue weighted by Crippen LogP contribution is 2.06. The molecule has 0 aromatic carbocycles. The second kappa shape index (κ2) is 14.6. The van der Waals surface area contributed by atoms with E-state index >= 15 is 0 Å². The van der Waals surface area contributed by atoms with Crippen LogP contribution in [0, 0.1) is 0 Å². The van der Waals surface area contributed by atoms with Gasteiger partial charge >= 0.3 is 23.9 Å². The molecule has 0 rings (SSSR count). The predicted octanol–water partition coefficient (Wildman–Crippen LogP) is 2.46. The van der Waals surface area contributed by atoms with E-state index in [4.69, 9.17) is 14.2 Å². The average Bonchev–Trinajstić information content (AvgIpc) is 2.62. The van der Waals surface area contributed by atoms with E-state index in [1.807, 2.05) is 13.8 Å². The van der Waals surface area contributed by atoms with Crippen molar-refractivity contribution in [1.82, 2.24) is 10.6 Å². The summed E-state index contributed by atoms with van der Waals surface area (Å²) in [6.07, 6.45) is 3.21. The molecule has 168 valence electrons. The van der Waals surface area contributed by atoms with E-state index < -0.39 is 35.6 Å². The van der Waals surface area contributed by atoms with Gasteiger partial charge in [-0.15, -0.1) is 0 Å². The number of hydrogen-bond acceptors (Lipinski definition) is 7. The van der Waals surface area contributed by atoms with Crippen molar-refractivity contribution in [3.05, 3.63) is 0 Å². The quantitative estimate of drug-likeness (QED) is 0.269. The summed E-state index contributed by atoms with van der Waals surface area (Å²) < 4.78 is 15.3. The van der Waals surface area contributed by atoms with Crippen LogP contribution >= 0.6 is 0 Å². The first-order valence-corrected chi connectivity index (χ1v) is 10.2. The number of unbranched alkanes of at least 4 members (excludes halogenated alkanes) is 2. The summed E-state index contributed by atoms with van der Waals surface area (Å²) >= 11 is 0. The number of rotatable bonds is 13. The maximum absolute atomic E-state index is 12.2. The topological polar surface area (TPSA) is 120 Å². The molecule has 0 aliphatic carbocycles. The van der Waals surface area contributed by atoms with Crippen molar-refractivity contribution >= 4 is 23.9 Å². The van der Waals surface area contributed by atoms with Crippen molar-refractivity contribution in [2.45, 2.75) is 84.8 Å². The summed E-state index contributed by atoms with van der Waals surface area (Å²) in [5, 5.41) is 4.78. The van der Waals surface area contributed by atoms with Crippen LogP contribution in [0.25, 0.3) is 0 Å². The average molecular weight is 417 g/mol. The Morgan fingerprint density at radius 3 is 2.03 bits per heavy atom. The Balaban J connectivity index is 4.62. The predicted molar refractivity (Wildman–Crippen MR) is 107 cm³/mol. The van der Waals surface area contributed by atoms with Gasteiger partial charge in [0.1, 0.15) is 18.2 Å². The normalized spacial score (nSPS) is 11.9. The Morgan fingerprint density at radius 1 is 0.897 bits per heavy atom. The number of ether oxygens (including phenoxy) is 3. The second-order valence-electron chi connectivity index (χ2n) is 7.60. The summed E-state index contributed by atoms with van der Waals surface area (Å²) in [4.78, 5) is 47.8. The minimum absolute atomic E-state index is 0.0375. The Morgan fingerprint density at radius 2 is 1.48 bits per heavy atom. The number of nitrogens with one attached hydrogen (secondary N) is 2. The summed E-state index contributed by atoms with van der Waals surface area (Å²) in [6.45, 7) is 9.29. The molecule has 29 heavy (non-hydrogen) atoms. The third kappa shape index (κ3) is 15.3. The minimum atomic E-state index is -1.02. The van der Waals surface area contributed by atoms with Gasteiger partial charge in [0.15, 0.2) is 0 Å². The molecular formula is C20H36N2O7. The molecule has 1 atom stereocenters. The zero-order valence-electron chi connectivity index (χ0n) is 18.3. The number of carbonyl (C=O) groups is 4. The second-order valence-corrected chi connectivity index (χ2v) is 7.60. The van der Waals surface area contributed by atoms with Crippen molar-refractivity contribution in [3.8, 4) is 0 Å². The van der Waals surface area contributed by atoms with Gasteiger partial charge in [0, 0.05) is 6.42 Å². The van der Waals surface area contributed by atoms with E-state index in [2.05, 4.69) is 10.6 Å². The van der Waals surface area contributed by atoms with Gasteiger partial charge in [-0.25, -0.2) is 9.59 Å². The van der Waals surface area contributed by atoms with Gasteiger partial charge in [0.2, 0.25) is 0 Å². The fraction of sp³-hybridized carbons (Fsp3) is 0.800. The Hall–Kier alpha value is -2.32. The van der Waals surface area contributed by atoms with E-state index in [0.29, 0.717) is 13.0 Å². The molecule has 0 aliphatic rings. The lowest BCUT2D eigenvalue weighted by Gasteiger charge is -2.20. The highest BCUT2D eigenvalue weighted by Gasteiger charge is 2.24. The van der Waals surface area contributed by atoms with Gasteiger partial charge in [-0.05, 0) is 40.0 Å². The van der Waals surface area contributed by atoms with Gasteiger partial charge in [0.05, 0.1) is 13.2 Å². The molecule has 0 fully saturated rings. The van der Waals surface area contributed by atoms with Crippen molar-refractivity contribution in [1.29, 1.82) is 0 Å². The first-order chi connectivity index (χ1) is 13.6. The van der Waals surface area contributed by atoms with Gasteiger partial charge in [-0.1, -0.05) is 26.7 Å². The lowest BCUT2D eigenvalue weighted by molar-refractivity contribution is -0.153. The summed E-state index contributed by atoms with van der Waals surface area (Å²) in [7, 11) is 0. The van der Waals surface area contributed by atoms with Crippen LogP contribution in [0.5, 0.6) is 0 Å². The van der Waals surface area contributed by atoms with E-state index in [9.17, 15) is 19.2 Å². The van der Waals surface area contributed by atoms with E-state index in [1.54, 1.807) is 20.8 Å². The lowest BCUT2D eigenvalue weighted by Crippen LogP contribution is -2.48. The van der Waals surface area contributed by atoms with Crippen LogP contribution in [0.15, 0.2) is 0 Å². The molecule has 0 bridgehead atoms. The minimum Gasteiger partial charge on any atom is -0.466 e. The summed E-state index contributed by atoms with van der Waals surface area (Å²) in [6, 6.07) is -1.75. The maximum Gasteiger partial charge on any atom is 0.328 e. The van der Waals surface area contributed by atoms with Crippen LogP contribution in [0.2, 0.25) is 0 Å². The Labute approximate surface area is 173 Å². The van der Waals surface area contributed by atoms with Crippen LogP contribution in [0.4, 0.5) is 4.79 Å². The largest absolute Gasteiger partial charge is 0.466 e. The number of hydrogen-bond donors (Lipinski definition) is 2. The smallest absolute Gasteiger partial charge is 0.328 e. The fourth-order valence-electron chi connectivity index (χ4n) is 2.07. The van der Waals surface area contributed by atoms with Crippen molar-refractivity contribution in [2.24, 2.45) is 0 Å². The third-order valence-electron chi connectivity index (χ3n) is 3.54. The molecule has 0 radical (unpaired) electrons. The zero-order chi connectivity index (χ0) is 22.3. The Kier molecular flexibility index (Phi) is 13.5. The van der Waals surface area contributed by atoms with Crippen LogP contribution < -0.4 is 10.6 Å².